The number of carbonyl (C=O) groups is 1. The van der Waals surface area contributed by atoms with Crippen LogP contribution in [-0.4, -0.2) is 32.8 Å². The van der Waals surface area contributed by atoms with E-state index in [1.165, 1.54) is 6.07 Å². The summed E-state index contributed by atoms with van der Waals surface area (Å²) in [4.78, 5) is 11.5. The fourth-order valence-electron chi connectivity index (χ4n) is 1.37. The Morgan fingerprint density at radius 1 is 1.53 bits per heavy atom. The highest BCUT2D eigenvalue weighted by molar-refractivity contribution is 9.10. The third-order valence-electron chi connectivity index (χ3n) is 2.23. The first-order chi connectivity index (χ1) is 9.04. The first-order valence-electron chi connectivity index (χ1n) is 5.67. The molecule has 0 aliphatic carbocycles. The largest absolute Gasteiger partial charge is 0.480 e. The van der Waals surface area contributed by atoms with Crippen molar-refractivity contribution in [3.05, 3.63) is 22.4 Å². The lowest BCUT2D eigenvalue weighted by molar-refractivity contribution is -0.123. The van der Waals surface area contributed by atoms with Crippen LogP contribution in [0.25, 0.3) is 0 Å². The average Bonchev–Trinajstić information content (AvgIpc) is 2.33. The number of hydrogen-bond acceptors (Lipinski definition) is 4. The van der Waals surface area contributed by atoms with E-state index in [0.29, 0.717) is 17.6 Å². The summed E-state index contributed by atoms with van der Waals surface area (Å²) in [6, 6.07) is 2.36. The number of hydrogen-bond donors (Lipinski definition) is 2. The Labute approximate surface area is 119 Å². The molecule has 0 radical (unpaired) electrons. The van der Waals surface area contributed by atoms with Crippen molar-refractivity contribution in [1.82, 2.24) is 5.32 Å². The number of nitrogens with two attached hydrogens (primary N) is 1. The minimum Gasteiger partial charge on any atom is -0.480 e. The zero-order valence-electron chi connectivity index (χ0n) is 10.5. The number of anilines is 1. The number of methoxy groups -OCH3 is 1. The van der Waals surface area contributed by atoms with Gasteiger partial charge < -0.3 is 20.5 Å². The summed E-state index contributed by atoms with van der Waals surface area (Å²) in [5, 5.41) is 2.66. The molecule has 1 aromatic carbocycles. The van der Waals surface area contributed by atoms with E-state index in [1.807, 2.05) is 0 Å². The van der Waals surface area contributed by atoms with Gasteiger partial charge in [0.2, 0.25) is 0 Å². The SMILES string of the molecule is COCCCNC(=O)COc1c(N)cc(F)cc1Br. The molecule has 0 aliphatic rings. The second-order valence-electron chi connectivity index (χ2n) is 3.79. The maximum atomic E-state index is 13.0. The van der Waals surface area contributed by atoms with Crippen molar-refractivity contribution in [2.45, 2.75) is 6.42 Å². The number of nitrogen functional groups attached to an aromatic ring is 1. The van der Waals surface area contributed by atoms with E-state index in [4.69, 9.17) is 15.2 Å². The number of nitrogens with one attached hydrogen (secondary N) is 1. The molecule has 0 aliphatic heterocycles. The van der Waals surface area contributed by atoms with E-state index in [0.717, 1.165) is 12.5 Å². The van der Waals surface area contributed by atoms with Crippen molar-refractivity contribution in [2.24, 2.45) is 0 Å². The lowest BCUT2D eigenvalue weighted by Gasteiger charge is -2.11. The van der Waals surface area contributed by atoms with Gasteiger partial charge >= 0.3 is 0 Å². The molecule has 0 fully saturated rings. The molecule has 5 nitrogen and oxygen atoms in total. The summed E-state index contributed by atoms with van der Waals surface area (Å²) in [6.07, 6.45) is 0.727. The Hall–Kier alpha value is -1.34. The molecule has 7 heteroatoms. The monoisotopic (exact) mass is 334 g/mol. The summed E-state index contributed by atoms with van der Waals surface area (Å²) >= 11 is 3.13. The molecule has 0 atom stereocenters. The van der Waals surface area contributed by atoms with Crippen LogP contribution in [0.1, 0.15) is 6.42 Å². The van der Waals surface area contributed by atoms with E-state index in [1.54, 1.807) is 7.11 Å². The van der Waals surface area contributed by atoms with Gasteiger partial charge in [0.25, 0.3) is 5.91 Å². The van der Waals surface area contributed by atoms with Crippen molar-refractivity contribution in [2.75, 3.05) is 32.6 Å². The average molecular weight is 335 g/mol. The number of halogens is 2. The molecule has 106 valence electrons. The predicted octanol–water partition coefficient (Wildman–Crippen LogP) is 1.70. The molecule has 1 amide bonds. The van der Waals surface area contributed by atoms with E-state index >= 15 is 0 Å². The predicted molar refractivity (Wildman–Crippen MR) is 73.5 cm³/mol. The highest BCUT2D eigenvalue weighted by atomic mass is 79.9. The zero-order chi connectivity index (χ0) is 14.3. The van der Waals surface area contributed by atoms with Crippen LogP contribution < -0.4 is 15.8 Å². The summed E-state index contributed by atoms with van der Waals surface area (Å²) in [6.45, 7) is 0.912. The van der Waals surface area contributed by atoms with Gasteiger partial charge in [-0.3, -0.25) is 4.79 Å². The Morgan fingerprint density at radius 2 is 2.26 bits per heavy atom. The number of amides is 1. The van der Waals surface area contributed by atoms with E-state index < -0.39 is 5.82 Å². The van der Waals surface area contributed by atoms with Gasteiger partial charge in [0.05, 0.1) is 10.2 Å². The Balaban J connectivity index is 2.42. The van der Waals surface area contributed by atoms with Crippen LogP contribution in [0.3, 0.4) is 0 Å². The number of carbonyl (C=O) groups excluding carboxylic acids is 1. The third kappa shape index (κ3) is 5.44. The zero-order valence-corrected chi connectivity index (χ0v) is 12.1. The van der Waals surface area contributed by atoms with Gasteiger partial charge in [-0.05, 0) is 28.4 Å². The molecular formula is C12H16BrFN2O3. The minimum absolute atomic E-state index is 0.138. The highest BCUT2D eigenvalue weighted by Crippen LogP contribution is 2.32. The molecular weight excluding hydrogens is 319 g/mol. The maximum absolute atomic E-state index is 13.0. The van der Waals surface area contributed by atoms with Gasteiger partial charge in [0, 0.05) is 26.3 Å². The minimum atomic E-state index is -0.472. The standard InChI is InChI=1S/C12H16BrFN2O3/c1-18-4-2-3-16-11(17)7-19-12-9(13)5-8(14)6-10(12)15/h5-6H,2-4,7,15H2,1H3,(H,16,17). The maximum Gasteiger partial charge on any atom is 0.257 e. The van der Waals surface area contributed by atoms with Crippen molar-refractivity contribution in [1.29, 1.82) is 0 Å². The Bertz CT molecular complexity index is 420. The topological polar surface area (TPSA) is 73.6 Å². The van der Waals surface area contributed by atoms with Gasteiger partial charge in [-0.2, -0.15) is 0 Å². The summed E-state index contributed by atoms with van der Waals surface area (Å²) in [5.74, 6) is -0.485. The van der Waals surface area contributed by atoms with Crippen molar-refractivity contribution >= 4 is 27.5 Å². The summed E-state index contributed by atoms with van der Waals surface area (Å²) < 4.78 is 23.5. The molecule has 0 unspecified atom stereocenters. The second kappa shape index (κ2) is 7.96. The fraction of sp³-hybridized carbons (Fsp3) is 0.417. The number of benzene rings is 1. The quantitative estimate of drug-likeness (QED) is 0.588. The van der Waals surface area contributed by atoms with Crippen molar-refractivity contribution < 1.29 is 18.7 Å². The van der Waals surface area contributed by atoms with Crippen LogP contribution >= 0.6 is 15.9 Å². The number of rotatable bonds is 7. The molecule has 19 heavy (non-hydrogen) atoms. The molecule has 0 spiro atoms. The van der Waals surface area contributed by atoms with Crippen LogP contribution in [0.15, 0.2) is 16.6 Å². The molecule has 0 saturated carbocycles. The molecule has 1 aromatic rings. The molecule has 3 N–H and O–H groups in total. The lowest BCUT2D eigenvalue weighted by atomic mass is 10.3. The van der Waals surface area contributed by atoms with E-state index in [2.05, 4.69) is 21.2 Å². The smallest absolute Gasteiger partial charge is 0.257 e. The molecule has 0 heterocycles. The molecule has 1 rings (SSSR count). The highest BCUT2D eigenvalue weighted by Gasteiger charge is 2.10. The fourth-order valence-corrected chi connectivity index (χ4v) is 1.93. The van der Waals surface area contributed by atoms with Gasteiger partial charge in [-0.15, -0.1) is 0 Å². The summed E-state index contributed by atoms with van der Waals surface area (Å²) in [7, 11) is 1.60. The first-order valence-corrected chi connectivity index (χ1v) is 6.47. The van der Waals surface area contributed by atoms with Crippen molar-refractivity contribution in [3.8, 4) is 5.75 Å². The lowest BCUT2D eigenvalue weighted by Crippen LogP contribution is -2.30. The van der Waals surface area contributed by atoms with Crippen molar-refractivity contribution in [3.63, 3.8) is 0 Å². The third-order valence-corrected chi connectivity index (χ3v) is 2.82. The van der Waals surface area contributed by atoms with Crippen LogP contribution in [0.5, 0.6) is 5.75 Å². The van der Waals surface area contributed by atoms with Gasteiger partial charge in [-0.25, -0.2) is 4.39 Å². The Kier molecular flexibility index (Phi) is 6.58. The van der Waals surface area contributed by atoms with Crippen LogP contribution in [0.2, 0.25) is 0 Å². The molecule has 0 saturated heterocycles. The molecule has 0 bridgehead atoms. The van der Waals surface area contributed by atoms with E-state index in [9.17, 15) is 9.18 Å². The summed E-state index contributed by atoms with van der Waals surface area (Å²) in [5.41, 5.74) is 5.74. The first kappa shape index (κ1) is 15.7. The second-order valence-corrected chi connectivity index (χ2v) is 4.65. The normalized spacial score (nSPS) is 10.3. The van der Waals surface area contributed by atoms with E-state index in [-0.39, 0.29) is 24.0 Å². The van der Waals surface area contributed by atoms with Crippen LogP contribution in [0, 0.1) is 5.82 Å². The van der Waals surface area contributed by atoms with Gasteiger partial charge in [0.15, 0.2) is 12.4 Å². The van der Waals surface area contributed by atoms with Crippen LogP contribution in [0.4, 0.5) is 10.1 Å². The van der Waals surface area contributed by atoms with Gasteiger partial charge in [0.1, 0.15) is 5.82 Å². The Morgan fingerprint density at radius 3 is 2.89 bits per heavy atom. The van der Waals surface area contributed by atoms with Crippen LogP contribution in [-0.2, 0) is 9.53 Å². The molecule has 0 aromatic heterocycles. The van der Waals surface area contributed by atoms with Gasteiger partial charge in [-0.1, -0.05) is 0 Å². The number of ether oxygens (including phenoxy) is 2.